The molecular formula is C43H46BrN5O5Si. The second-order valence-electron chi connectivity index (χ2n) is 15.5. The molecule has 0 radical (unpaired) electrons. The molecule has 1 N–H and O–H groups in total. The van der Waals surface area contributed by atoms with Crippen LogP contribution in [0.3, 0.4) is 0 Å². The first-order chi connectivity index (χ1) is 26.5. The van der Waals surface area contributed by atoms with Crippen molar-refractivity contribution in [3.63, 3.8) is 0 Å². The van der Waals surface area contributed by atoms with Crippen LogP contribution >= 0.6 is 15.9 Å². The minimum absolute atomic E-state index is 0.0103. The lowest BCUT2D eigenvalue weighted by molar-refractivity contribution is -0.146. The zero-order valence-corrected chi connectivity index (χ0v) is 34.2. The summed E-state index contributed by atoms with van der Waals surface area (Å²) < 4.78 is 15.5. The van der Waals surface area contributed by atoms with Gasteiger partial charge < -0.3 is 19.5 Å². The molecule has 3 aliphatic rings. The molecule has 1 fully saturated rings. The van der Waals surface area contributed by atoms with E-state index in [0.29, 0.717) is 32.4 Å². The maximum absolute atomic E-state index is 15.4. The number of carbonyl (C=O) groups excluding carboxylic acids is 2. The van der Waals surface area contributed by atoms with Crippen LogP contribution in [0.15, 0.2) is 102 Å². The van der Waals surface area contributed by atoms with Crippen LogP contribution in [0.1, 0.15) is 42.1 Å². The van der Waals surface area contributed by atoms with Crippen LogP contribution in [0.5, 0.6) is 5.75 Å². The molecule has 0 unspecified atom stereocenters. The maximum atomic E-state index is 15.4. The minimum Gasteiger partial charge on any atom is -0.497 e. The highest BCUT2D eigenvalue weighted by Gasteiger charge is 2.66. The van der Waals surface area contributed by atoms with Crippen molar-refractivity contribution in [2.75, 3.05) is 23.5 Å². The molecule has 4 aromatic carbocycles. The van der Waals surface area contributed by atoms with E-state index in [-0.39, 0.29) is 36.0 Å². The highest BCUT2D eigenvalue weighted by molar-refractivity contribution is 9.10. The number of aliphatic hydroxyl groups is 1. The molecule has 5 aromatic rings. The molecule has 0 bridgehead atoms. The third kappa shape index (κ3) is 6.52. The van der Waals surface area contributed by atoms with Crippen molar-refractivity contribution in [2.24, 2.45) is 5.92 Å². The quantitative estimate of drug-likeness (QED) is 0.142. The van der Waals surface area contributed by atoms with Crippen molar-refractivity contribution in [2.45, 2.75) is 76.0 Å². The molecule has 2 amide bonds. The number of para-hydroxylation sites is 1. The number of carbonyl (C=O) groups is 2. The SMILES string of the molecule is COc1ccc([Si](C)(C)[C@@H]2[C@@H](CCn3cc(CCO)nn3)O[C@]3(C(=O)N(Cc4cccc(N5C(=O)CCc6ccccc65)c4)c4ccc(Br)cc43)[C@H]2C)cc1. The molecule has 8 rings (SSSR count). The van der Waals surface area contributed by atoms with Gasteiger partial charge in [0.05, 0.1) is 44.9 Å². The molecule has 1 saturated heterocycles. The van der Waals surface area contributed by atoms with E-state index >= 15 is 4.79 Å². The average Bonchev–Trinajstić information content (AvgIpc) is 3.83. The summed E-state index contributed by atoms with van der Waals surface area (Å²) in [5, 5.41) is 19.3. The molecule has 284 valence electrons. The lowest BCUT2D eigenvalue weighted by Crippen LogP contribution is -2.51. The van der Waals surface area contributed by atoms with Gasteiger partial charge in [0.25, 0.3) is 5.91 Å². The molecule has 1 spiro atoms. The molecule has 3 aliphatic heterocycles. The van der Waals surface area contributed by atoms with Gasteiger partial charge in [-0.25, -0.2) is 0 Å². The Morgan fingerprint density at radius 1 is 0.982 bits per heavy atom. The lowest BCUT2D eigenvalue weighted by Gasteiger charge is -2.37. The second kappa shape index (κ2) is 14.8. The molecule has 10 nitrogen and oxygen atoms in total. The lowest BCUT2D eigenvalue weighted by atomic mass is 9.82. The predicted octanol–water partition coefficient (Wildman–Crippen LogP) is 7.05. The fraction of sp³-hybridized carbons (Fsp3) is 0.349. The first kappa shape index (κ1) is 37.3. The topological polar surface area (TPSA) is 110 Å². The highest BCUT2D eigenvalue weighted by Crippen LogP contribution is 2.60. The normalized spacial score (nSPS) is 22.0. The number of rotatable bonds is 11. The van der Waals surface area contributed by atoms with Gasteiger partial charge >= 0.3 is 0 Å². The highest BCUT2D eigenvalue weighted by atomic mass is 79.9. The van der Waals surface area contributed by atoms with E-state index in [4.69, 9.17) is 9.47 Å². The molecule has 0 aliphatic carbocycles. The van der Waals surface area contributed by atoms with Crippen LogP contribution in [0.2, 0.25) is 18.6 Å². The molecule has 1 aromatic heterocycles. The second-order valence-corrected chi connectivity index (χ2v) is 21.1. The summed E-state index contributed by atoms with van der Waals surface area (Å²) >= 11 is 3.73. The van der Waals surface area contributed by atoms with E-state index < -0.39 is 13.7 Å². The van der Waals surface area contributed by atoms with Gasteiger partial charge in [-0.1, -0.05) is 88.8 Å². The average molecular weight is 821 g/mol. The van der Waals surface area contributed by atoms with Gasteiger partial charge in [-0.2, -0.15) is 0 Å². The van der Waals surface area contributed by atoms with Gasteiger partial charge in [0, 0.05) is 53.8 Å². The maximum Gasteiger partial charge on any atom is 0.264 e. The van der Waals surface area contributed by atoms with Crippen LogP contribution < -0.4 is 19.7 Å². The van der Waals surface area contributed by atoms with Gasteiger partial charge in [0.2, 0.25) is 5.91 Å². The smallest absolute Gasteiger partial charge is 0.264 e. The van der Waals surface area contributed by atoms with Gasteiger partial charge in [0.15, 0.2) is 5.60 Å². The van der Waals surface area contributed by atoms with Gasteiger partial charge in [-0.15, -0.1) is 5.10 Å². The summed E-state index contributed by atoms with van der Waals surface area (Å²) in [5.74, 6) is 0.629. The number of benzene rings is 4. The monoisotopic (exact) mass is 819 g/mol. The van der Waals surface area contributed by atoms with Crippen LogP contribution in [0, 0.1) is 5.92 Å². The van der Waals surface area contributed by atoms with E-state index in [9.17, 15) is 9.90 Å². The van der Waals surface area contributed by atoms with Gasteiger partial charge in [-0.05, 0) is 78.0 Å². The van der Waals surface area contributed by atoms with Crippen LogP contribution in [-0.2, 0) is 45.9 Å². The number of ether oxygens (including phenoxy) is 2. The third-order valence-electron chi connectivity index (χ3n) is 12.0. The summed E-state index contributed by atoms with van der Waals surface area (Å²) in [4.78, 5) is 32.4. The van der Waals surface area contributed by atoms with E-state index in [1.807, 2.05) is 87.4 Å². The summed E-state index contributed by atoms with van der Waals surface area (Å²) in [6, 6.07) is 30.5. The van der Waals surface area contributed by atoms with Crippen molar-refractivity contribution >= 4 is 58.1 Å². The zero-order valence-electron chi connectivity index (χ0n) is 31.6. The first-order valence-electron chi connectivity index (χ1n) is 19.0. The summed E-state index contributed by atoms with van der Waals surface area (Å²) in [7, 11) is -0.673. The van der Waals surface area contributed by atoms with Crippen LogP contribution in [0.25, 0.3) is 0 Å². The number of anilines is 3. The number of hydrogen-bond donors (Lipinski definition) is 1. The number of aromatic nitrogens is 3. The standard InChI is InChI=1S/C43H46BrN5O5Si/c1-28-41(55(3,4)35-16-14-34(53-2)15-17-35)39(20-22-47-27-32(21-23-50)45-46-47)54-43(28)36-25-31(44)13-18-38(36)48(42(43)52)26-29-8-7-10-33(24-29)49-37-11-6-5-9-30(37)12-19-40(49)51/h5-11,13-18,24-25,27-28,39,41,50H,12,19-23,26H2,1-4H3/t28-,39+,41-,43+/m0/s1. The van der Waals surface area contributed by atoms with Gasteiger partial charge in [0.1, 0.15) is 5.75 Å². The fourth-order valence-corrected chi connectivity index (χ4v) is 13.8. The summed E-state index contributed by atoms with van der Waals surface area (Å²) in [6.07, 6.45) is 3.88. The molecule has 55 heavy (non-hydrogen) atoms. The van der Waals surface area contributed by atoms with Crippen molar-refractivity contribution < 1.29 is 24.2 Å². The Morgan fingerprint density at radius 2 is 1.78 bits per heavy atom. The Kier molecular flexibility index (Phi) is 10.0. The van der Waals surface area contributed by atoms with Crippen molar-refractivity contribution in [3.8, 4) is 5.75 Å². The third-order valence-corrected chi connectivity index (χ3v) is 16.8. The molecule has 4 heterocycles. The number of aliphatic hydroxyl groups excluding tert-OH is 1. The zero-order chi connectivity index (χ0) is 38.5. The number of aryl methyl sites for hydroxylation is 2. The van der Waals surface area contributed by atoms with Crippen molar-refractivity contribution in [1.29, 1.82) is 0 Å². The minimum atomic E-state index is -2.35. The van der Waals surface area contributed by atoms with Crippen molar-refractivity contribution in [1.82, 2.24) is 15.0 Å². The number of hydrogen-bond acceptors (Lipinski definition) is 7. The number of nitrogens with zero attached hydrogens (tertiary/aromatic N) is 5. The van der Waals surface area contributed by atoms with E-state index in [1.165, 1.54) is 5.19 Å². The largest absolute Gasteiger partial charge is 0.497 e. The van der Waals surface area contributed by atoms with E-state index in [2.05, 4.69) is 70.5 Å². The van der Waals surface area contributed by atoms with E-state index in [1.54, 1.807) is 7.11 Å². The predicted molar refractivity (Wildman–Crippen MR) is 219 cm³/mol. The van der Waals surface area contributed by atoms with Crippen LogP contribution in [-0.4, -0.2) is 59.8 Å². The van der Waals surface area contributed by atoms with Crippen LogP contribution in [0.4, 0.5) is 17.1 Å². The molecular weight excluding hydrogens is 774 g/mol. The Labute approximate surface area is 331 Å². The fourth-order valence-electron chi connectivity index (χ4n) is 9.34. The Bertz CT molecular complexity index is 2240. The Hall–Kier alpha value is -4.62. The van der Waals surface area contributed by atoms with Gasteiger partial charge in [-0.3, -0.25) is 19.2 Å². The molecule has 4 atom stereocenters. The summed E-state index contributed by atoms with van der Waals surface area (Å²) in [5.41, 5.74) is 5.06. The number of amides is 2. The number of methoxy groups -OCH3 is 1. The first-order valence-corrected chi connectivity index (χ1v) is 22.9. The number of fused-ring (bicyclic) bond motifs is 3. The van der Waals surface area contributed by atoms with E-state index in [0.717, 1.165) is 56.1 Å². The Morgan fingerprint density at radius 3 is 2.56 bits per heavy atom. The summed E-state index contributed by atoms with van der Waals surface area (Å²) in [6.45, 7) is 7.85. The number of halogens is 1. The Balaban J connectivity index is 1.16. The van der Waals surface area contributed by atoms with Crippen molar-refractivity contribution in [3.05, 3.63) is 124 Å². The molecule has 12 heteroatoms. The molecule has 0 saturated carbocycles.